The third-order valence-electron chi connectivity index (χ3n) is 2.85. The molecule has 1 fully saturated rings. The summed E-state index contributed by atoms with van der Waals surface area (Å²) < 4.78 is 5.24. The van der Waals surface area contributed by atoms with E-state index in [-0.39, 0.29) is 29.8 Å². The molecule has 1 N–H and O–H groups in total. The largest absolute Gasteiger partial charge is 0.461 e. The summed E-state index contributed by atoms with van der Waals surface area (Å²) in [6, 6.07) is 0. The van der Waals surface area contributed by atoms with Crippen LogP contribution >= 0.6 is 0 Å². The summed E-state index contributed by atoms with van der Waals surface area (Å²) in [5.41, 5.74) is 0. The lowest BCUT2D eigenvalue weighted by Crippen LogP contribution is -2.48. The number of aliphatic hydroxyl groups excluding tert-OH is 1. The number of hydrogen-bond acceptors (Lipinski definition) is 3. The van der Waals surface area contributed by atoms with Gasteiger partial charge in [-0.25, -0.2) is 0 Å². The van der Waals surface area contributed by atoms with Crippen molar-refractivity contribution in [3.8, 4) is 0 Å². The zero-order valence-electron chi connectivity index (χ0n) is 8.65. The van der Waals surface area contributed by atoms with Crippen LogP contribution in [0.2, 0.25) is 0 Å². The maximum absolute atomic E-state index is 11.3. The summed E-state index contributed by atoms with van der Waals surface area (Å²) in [6.45, 7) is 7.63. The zero-order valence-corrected chi connectivity index (χ0v) is 8.65. The Balaban J connectivity index is 2.76. The molecular weight excluding hydrogens is 168 g/mol. The minimum Gasteiger partial charge on any atom is -0.461 e. The van der Waals surface area contributed by atoms with Gasteiger partial charge in [0.15, 0.2) is 0 Å². The highest BCUT2D eigenvalue weighted by Gasteiger charge is 2.41. The molecule has 1 saturated heterocycles. The highest BCUT2D eigenvalue weighted by Crippen LogP contribution is 2.30. The molecule has 3 nitrogen and oxygen atoms in total. The van der Waals surface area contributed by atoms with E-state index in [1.807, 2.05) is 20.8 Å². The topological polar surface area (TPSA) is 46.5 Å². The number of cyclic esters (lactones) is 1. The van der Waals surface area contributed by atoms with Crippen LogP contribution < -0.4 is 0 Å². The first-order chi connectivity index (χ1) is 5.95. The predicted octanol–water partition coefficient (Wildman–Crippen LogP) is 1.20. The fraction of sp³-hybridized carbons (Fsp3) is 0.900. The molecule has 13 heavy (non-hydrogen) atoms. The average molecular weight is 186 g/mol. The number of hydrogen-bond donors (Lipinski definition) is 1. The summed E-state index contributed by atoms with van der Waals surface area (Å²) in [5.74, 6) is -0.358. The Hall–Kier alpha value is -0.570. The molecule has 0 aliphatic carbocycles. The Morgan fingerprint density at radius 1 is 1.38 bits per heavy atom. The quantitative estimate of drug-likeness (QED) is 0.626. The van der Waals surface area contributed by atoms with Gasteiger partial charge < -0.3 is 9.84 Å². The Labute approximate surface area is 79.1 Å². The molecule has 0 spiro atoms. The van der Waals surface area contributed by atoms with Crippen molar-refractivity contribution in [1.29, 1.82) is 0 Å². The second-order valence-corrected chi connectivity index (χ2v) is 4.28. The number of carbonyl (C=O) groups is 1. The van der Waals surface area contributed by atoms with Gasteiger partial charge in [-0.05, 0) is 12.8 Å². The van der Waals surface area contributed by atoms with Crippen molar-refractivity contribution in [2.45, 2.75) is 39.9 Å². The molecule has 1 aliphatic heterocycles. The molecule has 1 heterocycles. The molecule has 3 heteroatoms. The summed E-state index contributed by atoms with van der Waals surface area (Å²) >= 11 is 0. The third kappa shape index (κ3) is 1.85. The van der Waals surface area contributed by atoms with Crippen LogP contribution in [-0.4, -0.2) is 23.3 Å². The standard InChI is InChI=1S/C10H18O3/c1-5(2)9-6(3)8(11)7(4)10(12)13-9/h5-9,11H,1-4H3/t6-,7-,8+,9-/m1/s1. The Morgan fingerprint density at radius 3 is 2.38 bits per heavy atom. The molecule has 0 aromatic rings. The molecule has 1 rings (SSSR count). The zero-order chi connectivity index (χ0) is 10.2. The molecule has 0 amide bonds. The second kappa shape index (κ2) is 3.66. The summed E-state index contributed by atoms with van der Waals surface area (Å²) in [7, 11) is 0. The second-order valence-electron chi connectivity index (χ2n) is 4.28. The molecule has 76 valence electrons. The van der Waals surface area contributed by atoms with Gasteiger partial charge in [0, 0.05) is 5.92 Å². The maximum atomic E-state index is 11.3. The Kier molecular flexibility index (Phi) is 2.96. The SMILES string of the molecule is CC(C)[C@H]1OC(=O)[C@H](C)[C@@H](O)[C@H]1C. The van der Waals surface area contributed by atoms with E-state index in [1.54, 1.807) is 6.92 Å². The average Bonchev–Trinajstić information content (AvgIpc) is 2.07. The van der Waals surface area contributed by atoms with Crippen molar-refractivity contribution >= 4 is 5.97 Å². The Bertz CT molecular complexity index is 200. The van der Waals surface area contributed by atoms with E-state index < -0.39 is 6.10 Å². The number of rotatable bonds is 1. The van der Waals surface area contributed by atoms with Gasteiger partial charge in [-0.3, -0.25) is 4.79 Å². The van der Waals surface area contributed by atoms with Crippen molar-refractivity contribution in [3.63, 3.8) is 0 Å². The third-order valence-corrected chi connectivity index (χ3v) is 2.85. The Morgan fingerprint density at radius 2 is 1.92 bits per heavy atom. The number of esters is 1. The molecule has 0 radical (unpaired) electrons. The molecule has 4 atom stereocenters. The van der Waals surface area contributed by atoms with Gasteiger partial charge in [-0.2, -0.15) is 0 Å². The molecule has 0 aromatic carbocycles. The van der Waals surface area contributed by atoms with Crippen LogP contribution in [0, 0.1) is 17.8 Å². The van der Waals surface area contributed by atoms with Crippen LogP contribution in [0.5, 0.6) is 0 Å². The van der Waals surface area contributed by atoms with Gasteiger partial charge in [0.2, 0.25) is 0 Å². The molecule has 0 saturated carbocycles. The fourth-order valence-electron chi connectivity index (χ4n) is 1.88. The van der Waals surface area contributed by atoms with E-state index in [0.29, 0.717) is 0 Å². The van der Waals surface area contributed by atoms with Crippen molar-refractivity contribution in [2.75, 3.05) is 0 Å². The van der Waals surface area contributed by atoms with Gasteiger partial charge in [0.1, 0.15) is 6.10 Å². The minimum absolute atomic E-state index is 0.0349. The van der Waals surface area contributed by atoms with Crippen LogP contribution in [0.1, 0.15) is 27.7 Å². The van der Waals surface area contributed by atoms with Crippen LogP contribution in [-0.2, 0) is 9.53 Å². The number of ether oxygens (including phenoxy) is 1. The van der Waals surface area contributed by atoms with Crippen LogP contribution in [0.25, 0.3) is 0 Å². The predicted molar refractivity (Wildman–Crippen MR) is 49.1 cm³/mol. The number of aliphatic hydroxyl groups is 1. The number of carbonyl (C=O) groups excluding carboxylic acids is 1. The van der Waals surface area contributed by atoms with Gasteiger partial charge in [0.25, 0.3) is 0 Å². The van der Waals surface area contributed by atoms with Gasteiger partial charge >= 0.3 is 5.97 Å². The normalized spacial score (nSPS) is 40.6. The van der Waals surface area contributed by atoms with E-state index in [9.17, 15) is 9.90 Å². The smallest absolute Gasteiger partial charge is 0.311 e. The van der Waals surface area contributed by atoms with Gasteiger partial charge in [-0.15, -0.1) is 0 Å². The first-order valence-corrected chi connectivity index (χ1v) is 4.83. The molecule has 0 unspecified atom stereocenters. The van der Waals surface area contributed by atoms with Crippen molar-refractivity contribution < 1.29 is 14.6 Å². The van der Waals surface area contributed by atoms with E-state index >= 15 is 0 Å². The first-order valence-electron chi connectivity index (χ1n) is 4.83. The molecule has 0 bridgehead atoms. The maximum Gasteiger partial charge on any atom is 0.311 e. The lowest BCUT2D eigenvalue weighted by Gasteiger charge is -2.38. The van der Waals surface area contributed by atoms with Gasteiger partial charge in [-0.1, -0.05) is 20.8 Å². The molecule has 1 aliphatic rings. The lowest BCUT2D eigenvalue weighted by atomic mass is 9.82. The lowest BCUT2D eigenvalue weighted by molar-refractivity contribution is -0.181. The van der Waals surface area contributed by atoms with Crippen LogP contribution in [0.4, 0.5) is 0 Å². The van der Waals surface area contributed by atoms with E-state index in [4.69, 9.17) is 4.74 Å². The van der Waals surface area contributed by atoms with Crippen LogP contribution in [0.15, 0.2) is 0 Å². The first kappa shape index (κ1) is 10.5. The van der Waals surface area contributed by atoms with E-state index in [0.717, 1.165) is 0 Å². The summed E-state index contributed by atoms with van der Waals surface area (Å²) in [6.07, 6.45) is -0.702. The fourth-order valence-corrected chi connectivity index (χ4v) is 1.88. The van der Waals surface area contributed by atoms with Crippen molar-refractivity contribution in [1.82, 2.24) is 0 Å². The van der Waals surface area contributed by atoms with Crippen molar-refractivity contribution in [3.05, 3.63) is 0 Å². The summed E-state index contributed by atoms with van der Waals surface area (Å²) in [5, 5.41) is 9.74. The summed E-state index contributed by atoms with van der Waals surface area (Å²) in [4.78, 5) is 11.3. The van der Waals surface area contributed by atoms with Crippen molar-refractivity contribution in [2.24, 2.45) is 17.8 Å². The van der Waals surface area contributed by atoms with Crippen LogP contribution in [0.3, 0.4) is 0 Å². The van der Waals surface area contributed by atoms with Gasteiger partial charge in [0.05, 0.1) is 12.0 Å². The highest BCUT2D eigenvalue weighted by molar-refractivity contribution is 5.73. The highest BCUT2D eigenvalue weighted by atomic mass is 16.5. The monoisotopic (exact) mass is 186 g/mol. The van der Waals surface area contributed by atoms with E-state index in [1.165, 1.54) is 0 Å². The molecule has 0 aromatic heterocycles. The minimum atomic E-state index is -0.561. The van der Waals surface area contributed by atoms with E-state index in [2.05, 4.69) is 0 Å². The molecular formula is C10H18O3.